The minimum absolute atomic E-state index is 0.0208. The number of methoxy groups -OCH3 is 1. The molecule has 0 unspecified atom stereocenters. The van der Waals surface area contributed by atoms with E-state index >= 15 is 0 Å². The second-order valence-electron chi connectivity index (χ2n) is 7.91. The van der Waals surface area contributed by atoms with Crippen LogP contribution in [0.25, 0.3) is 6.08 Å². The van der Waals surface area contributed by atoms with Crippen molar-refractivity contribution in [2.45, 2.75) is 26.6 Å². The summed E-state index contributed by atoms with van der Waals surface area (Å²) in [7, 11) is 1.40. The Balaban J connectivity index is 1.89. The molecular weight excluding hydrogens is 462 g/mol. The molecule has 9 nitrogen and oxygen atoms in total. The largest absolute Gasteiger partial charge is 0.493 e. The van der Waals surface area contributed by atoms with Gasteiger partial charge in [-0.2, -0.15) is 5.26 Å². The first-order chi connectivity index (χ1) is 17.3. The summed E-state index contributed by atoms with van der Waals surface area (Å²) >= 11 is 0. The highest BCUT2D eigenvalue weighted by Gasteiger charge is 2.21. The molecule has 0 saturated heterocycles. The predicted molar refractivity (Wildman–Crippen MR) is 135 cm³/mol. The maximum absolute atomic E-state index is 12.8. The first-order valence-corrected chi connectivity index (χ1v) is 11.0. The van der Waals surface area contributed by atoms with Crippen LogP contribution in [0.3, 0.4) is 0 Å². The number of amides is 1. The Hall–Kier alpha value is -4.84. The van der Waals surface area contributed by atoms with Gasteiger partial charge in [0.2, 0.25) is 0 Å². The lowest BCUT2D eigenvalue weighted by Crippen LogP contribution is -2.14. The smallest absolute Gasteiger partial charge is 0.280 e. The van der Waals surface area contributed by atoms with E-state index in [1.807, 2.05) is 44.2 Å². The van der Waals surface area contributed by atoms with Gasteiger partial charge >= 0.3 is 0 Å². The van der Waals surface area contributed by atoms with Crippen molar-refractivity contribution in [2.75, 3.05) is 12.4 Å². The zero-order chi connectivity index (χ0) is 26.1. The number of nitriles is 1. The number of carbonyl (C=O) groups is 1. The second-order valence-corrected chi connectivity index (χ2v) is 7.91. The lowest BCUT2D eigenvalue weighted by Gasteiger charge is -2.12. The molecule has 9 heteroatoms. The summed E-state index contributed by atoms with van der Waals surface area (Å²) in [6, 6.07) is 20.4. The third-order valence-corrected chi connectivity index (χ3v) is 4.88. The summed E-state index contributed by atoms with van der Waals surface area (Å²) in [6.45, 7) is 3.93. The van der Waals surface area contributed by atoms with Crippen LogP contribution in [0.4, 0.5) is 11.4 Å². The first kappa shape index (κ1) is 25.8. The quantitative estimate of drug-likeness (QED) is 0.173. The van der Waals surface area contributed by atoms with Crippen molar-refractivity contribution in [3.63, 3.8) is 0 Å². The standard InChI is InChI=1S/C27H25N3O6/c1-18(2)36-23-11-7-10-22(14-23)29-27(31)21(16-28)12-20-13-25(34-3)26(15-24(20)30(32)33)35-17-19-8-5-4-6-9-19/h4-15,18H,17H2,1-3H3,(H,29,31)/b21-12-. The molecule has 0 atom stereocenters. The number of rotatable bonds is 10. The lowest BCUT2D eigenvalue weighted by molar-refractivity contribution is -0.385. The molecule has 0 heterocycles. The van der Waals surface area contributed by atoms with Crippen LogP contribution in [0, 0.1) is 21.4 Å². The number of ether oxygens (including phenoxy) is 3. The monoisotopic (exact) mass is 487 g/mol. The highest BCUT2D eigenvalue weighted by molar-refractivity contribution is 6.10. The van der Waals surface area contributed by atoms with Crippen LogP contribution in [0.2, 0.25) is 0 Å². The summed E-state index contributed by atoms with van der Waals surface area (Å²) < 4.78 is 16.7. The van der Waals surface area contributed by atoms with Crippen molar-refractivity contribution in [1.82, 2.24) is 0 Å². The minimum atomic E-state index is -0.725. The minimum Gasteiger partial charge on any atom is -0.493 e. The van der Waals surface area contributed by atoms with Crippen LogP contribution in [-0.2, 0) is 11.4 Å². The molecule has 1 amide bonds. The number of benzene rings is 3. The van der Waals surface area contributed by atoms with E-state index in [1.165, 1.54) is 19.2 Å². The zero-order valence-electron chi connectivity index (χ0n) is 20.1. The molecule has 184 valence electrons. The second kappa shape index (κ2) is 12.0. The summed E-state index contributed by atoms with van der Waals surface area (Å²) in [4.78, 5) is 24.0. The molecule has 36 heavy (non-hydrogen) atoms. The average molecular weight is 488 g/mol. The van der Waals surface area contributed by atoms with Gasteiger partial charge in [-0.05, 0) is 43.7 Å². The fourth-order valence-corrected chi connectivity index (χ4v) is 3.27. The SMILES string of the molecule is COc1cc(/C=C(/C#N)C(=O)Nc2cccc(OC(C)C)c2)c([N+](=O)[O-])cc1OCc1ccccc1. The van der Waals surface area contributed by atoms with Crippen molar-refractivity contribution < 1.29 is 23.9 Å². The molecule has 0 bridgehead atoms. The van der Waals surface area contributed by atoms with Crippen LogP contribution in [-0.4, -0.2) is 24.0 Å². The van der Waals surface area contributed by atoms with Gasteiger partial charge in [0.05, 0.1) is 29.8 Å². The molecule has 0 aliphatic carbocycles. The van der Waals surface area contributed by atoms with Crippen LogP contribution >= 0.6 is 0 Å². The Kier molecular flexibility index (Phi) is 8.62. The number of anilines is 1. The maximum Gasteiger partial charge on any atom is 0.280 e. The molecule has 3 rings (SSSR count). The van der Waals surface area contributed by atoms with Crippen LogP contribution in [0.15, 0.2) is 72.3 Å². The van der Waals surface area contributed by atoms with Gasteiger partial charge in [0.1, 0.15) is 24.0 Å². The Morgan fingerprint density at radius 2 is 1.86 bits per heavy atom. The fourth-order valence-electron chi connectivity index (χ4n) is 3.27. The first-order valence-electron chi connectivity index (χ1n) is 11.0. The van der Waals surface area contributed by atoms with Crippen molar-refractivity contribution in [2.24, 2.45) is 0 Å². The number of nitro groups is 1. The molecule has 1 N–H and O–H groups in total. The van der Waals surface area contributed by atoms with E-state index in [0.29, 0.717) is 11.4 Å². The Morgan fingerprint density at radius 1 is 1.11 bits per heavy atom. The van der Waals surface area contributed by atoms with Crippen LogP contribution in [0.5, 0.6) is 17.2 Å². The molecule has 0 radical (unpaired) electrons. The van der Waals surface area contributed by atoms with Gasteiger partial charge in [-0.15, -0.1) is 0 Å². The number of nitrogens with one attached hydrogen (secondary N) is 1. The Morgan fingerprint density at radius 3 is 2.50 bits per heavy atom. The van der Waals surface area contributed by atoms with Crippen molar-refractivity contribution in [3.05, 3.63) is 93.5 Å². The number of carbonyl (C=O) groups excluding carboxylic acids is 1. The average Bonchev–Trinajstić information content (AvgIpc) is 2.86. The maximum atomic E-state index is 12.8. The van der Waals surface area contributed by atoms with E-state index in [1.54, 1.807) is 30.3 Å². The third kappa shape index (κ3) is 6.84. The highest BCUT2D eigenvalue weighted by Crippen LogP contribution is 2.36. The van der Waals surface area contributed by atoms with Gasteiger partial charge in [0.25, 0.3) is 11.6 Å². The Bertz CT molecular complexity index is 1310. The van der Waals surface area contributed by atoms with Gasteiger partial charge in [-0.1, -0.05) is 36.4 Å². The number of nitro benzene ring substituents is 1. The Labute approximate surface area is 208 Å². The molecule has 0 fully saturated rings. The van der Waals surface area contributed by atoms with Crippen LogP contribution in [0.1, 0.15) is 25.0 Å². The normalized spacial score (nSPS) is 10.9. The van der Waals surface area contributed by atoms with E-state index in [-0.39, 0.29) is 41.0 Å². The van der Waals surface area contributed by atoms with E-state index in [2.05, 4.69) is 5.32 Å². The van der Waals surface area contributed by atoms with Crippen molar-refractivity contribution >= 4 is 23.4 Å². The summed E-state index contributed by atoms with van der Waals surface area (Å²) in [5.41, 5.74) is 0.640. The van der Waals surface area contributed by atoms with Gasteiger partial charge in [0.15, 0.2) is 11.5 Å². The highest BCUT2D eigenvalue weighted by atomic mass is 16.6. The zero-order valence-corrected chi connectivity index (χ0v) is 20.1. The molecule has 3 aromatic carbocycles. The van der Waals surface area contributed by atoms with Crippen molar-refractivity contribution in [1.29, 1.82) is 5.26 Å². The summed E-state index contributed by atoms with van der Waals surface area (Å²) in [6.07, 6.45) is 1.09. The van der Waals surface area contributed by atoms with E-state index in [0.717, 1.165) is 11.6 Å². The van der Waals surface area contributed by atoms with E-state index < -0.39 is 10.8 Å². The lowest BCUT2D eigenvalue weighted by atomic mass is 10.1. The van der Waals surface area contributed by atoms with E-state index in [4.69, 9.17) is 14.2 Å². The van der Waals surface area contributed by atoms with E-state index in [9.17, 15) is 20.2 Å². The number of nitrogens with zero attached hydrogens (tertiary/aromatic N) is 2. The third-order valence-electron chi connectivity index (χ3n) is 4.88. The van der Waals surface area contributed by atoms with Gasteiger partial charge in [-0.25, -0.2) is 0 Å². The van der Waals surface area contributed by atoms with Gasteiger partial charge < -0.3 is 19.5 Å². The van der Waals surface area contributed by atoms with Gasteiger partial charge in [-0.3, -0.25) is 14.9 Å². The van der Waals surface area contributed by atoms with Crippen molar-refractivity contribution in [3.8, 4) is 23.3 Å². The van der Waals surface area contributed by atoms with Crippen LogP contribution < -0.4 is 19.5 Å². The molecule has 0 spiro atoms. The topological polar surface area (TPSA) is 124 Å². The van der Waals surface area contributed by atoms with Gasteiger partial charge in [0, 0.05) is 11.8 Å². The summed E-state index contributed by atoms with van der Waals surface area (Å²) in [5.74, 6) is 0.211. The molecule has 0 aliphatic rings. The molecule has 0 aromatic heterocycles. The number of hydrogen-bond acceptors (Lipinski definition) is 7. The fraction of sp³-hybridized carbons (Fsp3) is 0.185. The molecule has 0 aliphatic heterocycles. The predicted octanol–water partition coefficient (Wildman–Crippen LogP) is 5.52. The number of hydrogen-bond donors (Lipinski definition) is 1. The molecule has 0 saturated carbocycles. The molecular formula is C27H25N3O6. The molecule has 3 aromatic rings. The summed E-state index contributed by atoms with van der Waals surface area (Å²) in [5, 5.41) is 24.0.